The van der Waals surface area contributed by atoms with Crippen LogP contribution in [0.5, 0.6) is 0 Å². The summed E-state index contributed by atoms with van der Waals surface area (Å²) < 4.78 is -0.593. The molecule has 0 aromatic heterocycles. The summed E-state index contributed by atoms with van der Waals surface area (Å²) in [5.74, 6) is -2.58. The summed E-state index contributed by atoms with van der Waals surface area (Å²) in [6, 6.07) is 5.91. The van der Waals surface area contributed by atoms with Crippen LogP contribution >= 0.6 is 11.8 Å². The summed E-state index contributed by atoms with van der Waals surface area (Å²) in [7, 11) is 0. The second kappa shape index (κ2) is 7.43. The minimum absolute atomic E-state index is 0.144. The minimum atomic E-state index is -0.987. The van der Waals surface area contributed by atoms with Crippen LogP contribution in [0.25, 0.3) is 0 Å². The number of benzene rings is 1. The fourth-order valence-corrected chi connectivity index (χ4v) is 6.05. The van der Waals surface area contributed by atoms with E-state index in [4.69, 9.17) is 5.11 Å². The number of carbonyl (C=O) groups is 4. The van der Waals surface area contributed by atoms with Gasteiger partial charge in [0.2, 0.25) is 0 Å². The van der Waals surface area contributed by atoms with Crippen molar-refractivity contribution in [3.63, 3.8) is 0 Å². The summed E-state index contributed by atoms with van der Waals surface area (Å²) in [4.78, 5) is 51.1. The summed E-state index contributed by atoms with van der Waals surface area (Å²) in [5, 5.41) is 21.1. The molecule has 9 nitrogen and oxygen atoms in total. The smallest absolute Gasteiger partial charge is 0.322 e. The van der Waals surface area contributed by atoms with Crippen molar-refractivity contribution in [2.45, 2.75) is 35.4 Å². The van der Waals surface area contributed by atoms with E-state index < -0.39 is 28.1 Å². The molecule has 1 aromatic carbocycles. The van der Waals surface area contributed by atoms with Crippen LogP contribution in [0.4, 0.5) is 0 Å². The molecule has 10 heteroatoms. The van der Waals surface area contributed by atoms with Crippen LogP contribution in [0, 0.1) is 0 Å². The van der Waals surface area contributed by atoms with Crippen LogP contribution in [-0.2, 0) is 9.59 Å². The highest BCUT2D eigenvalue weighted by atomic mass is 32.2. The molecule has 4 rings (SSSR count). The number of piperidine rings is 1. The second-order valence-electron chi connectivity index (χ2n) is 7.55. The molecule has 0 radical (unpaired) electrons. The first kappa shape index (κ1) is 19.9. The van der Waals surface area contributed by atoms with Gasteiger partial charge in [-0.05, 0) is 25.0 Å². The highest BCUT2D eigenvalue weighted by Crippen LogP contribution is 2.47. The number of fused-ring (bicyclic) bond motifs is 1. The molecule has 1 aromatic rings. The van der Waals surface area contributed by atoms with Crippen LogP contribution in [0.2, 0.25) is 0 Å². The zero-order valence-corrected chi connectivity index (χ0v) is 16.4. The van der Waals surface area contributed by atoms with E-state index >= 15 is 0 Å². The molecule has 2 saturated heterocycles. The lowest BCUT2D eigenvalue weighted by atomic mass is 9.88. The average Bonchev–Trinajstić information content (AvgIpc) is 3.14. The van der Waals surface area contributed by atoms with Gasteiger partial charge >= 0.3 is 11.9 Å². The molecule has 2 atom stereocenters. The summed E-state index contributed by atoms with van der Waals surface area (Å²) >= 11 is 1.39. The van der Waals surface area contributed by atoms with Crippen molar-refractivity contribution in [1.82, 2.24) is 15.1 Å². The van der Waals surface area contributed by atoms with E-state index in [1.807, 2.05) is 4.90 Å². The number of carbonyl (C=O) groups excluding carboxylic acids is 2. The van der Waals surface area contributed by atoms with E-state index in [9.17, 15) is 24.3 Å². The Labute approximate surface area is 171 Å². The molecule has 2 fully saturated rings. The number of aliphatic carboxylic acids is 2. The van der Waals surface area contributed by atoms with Gasteiger partial charge in [-0.1, -0.05) is 12.1 Å². The summed E-state index contributed by atoms with van der Waals surface area (Å²) in [5.41, 5.74) is 0.813. The van der Waals surface area contributed by atoms with Crippen molar-refractivity contribution < 1.29 is 29.4 Å². The molecule has 0 bridgehead atoms. The first-order valence-corrected chi connectivity index (χ1v) is 10.2. The number of nitrogens with one attached hydrogen (secondary N) is 1. The van der Waals surface area contributed by atoms with Crippen molar-refractivity contribution in [2.24, 2.45) is 0 Å². The third-order valence-corrected chi connectivity index (χ3v) is 7.49. The van der Waals surface area contributed by atoms with Gasteiger partial charge in [-0.25, -0.2) is 0 Å². The number of rotatable bonds is 5. The van der Waals surface area contributed by atoms with Crippen molar-refractivity contribution in [3.05, 3.63) is 35.4 Å². The predicted octanol–water partition coefficient (Wildman–Crippen LogP) is 0.665. The molecule has 0 aliphatic carbocycles. The minimum Gasteiger partial charge on any atom is -0.481 e. The van der Waals surface area contributed by atoms with Crippen molar-refractivity contribution in [3.8, 4) is 0 Å². The van der Waals surface area contributed by atoms with Gasteiger partial charge in [0.25, 0.3) is 11.8 Å². The van der Waals surface area contributed by atoms with Gasteiger partial charge in [-0.3, -0.25) is 34.3 Å². The number of thioether (sulfide) groups is 1. The van der Waals surface area contributed by atoms with Crippen molar-refractivity contribution in [1.29, 1.82) is 0 Å². The molecule has 3 heterocycles. The van der Waals surface area contributed by atoms with Gasteiger partial charge in [0, 0.05) is 17.8 Å². The standard InChI is InChI=1S/C19H21N3O6S/c23-14(24)9-13-20-15(18(27)28)19(29-13)5-7-21(8-6-19)10-22-16(25)11-3-1-2-4-12(11)17(22)26/h1-4,13,15,20H,5-10H2,(H,23,24)(H,27,28). The maximum absolute atomic E-state index is 12.5. The third-order valence-electron chi connectivity index (χ3n) is 5.78. The molecule has 3 aliphatic rings. The topological polar surface area (TPSA) is 127 Å². The van der Waals surface area contributed by atoms with E-state index in [1.54, 1.807) is 24.3 Å². The van der Waals surface area contributed by atoms with Crippen molar-refractivity contribution >= 4 is 35.5 Å². The predicted molar refractivity (Wildman–Crippen MR) is 104 cm³/mol. The number of carboxylic acid groups (broad SMARTS) is 2. The molecular formula is C19H21N3O6S. The SMILES string of the molecule is O=C(O)CC1NC(C(=O)O)C2(CCN(CN3C(=O)c4ccccc4C3=O)CC2)S1. The lowest BCUT2D eigenvalue weighted by Crippen LogP contribution is -2.55. The number of hydrogen-bond donors (Lipinski definition) is 3. The molecule has 2 unspecified atom stereocenters. The number of amides is 2. The van der Waals surface area contributed by atoms with E-state index in [0.29, 0.717) is 37.1 Å². The molecule has 2 amide bonds. The van der Waals surface area contributed by atoms with Gasteiger partial charge < -0.3 is 10.2 Å². The monoisotopic (exact) mass is 419 g/mol. The van der Waals surface area contributed by atoms with Crippen LogP contribution in [0.3, 0.4) is 0 Å². The first-order valence-electron chi connectivity index (χ1n) is 9.37. The highest BCUT2D eigenvalue weighted by molar-refractivity contribution is 8.01. The maximum atomic E-state index is 12.5. The van der Waals surface area contributed by atoms with E-state index in [1.165, 1.54) is 16.7 Å². The molecule has 29 heavy (non-hydrogen) atoms. The van der Waals surface area contributed by atoms with Gasteiger partial charge in [-0.15, -0.1) is 11.8 Å². The van der Waals surface area contributed by atoms with Gasteiger partial charge in [0.05, 0.1) is 29.6 Å². The van der Waals surface area contributed by atoms with Crippen LogP contribution in [0.15, 0.2) is 24.3 Å². The first-order chi connectivity index (χ1) is 13.8. The number of imide groups is 1. The Morgan fingerprint density at radius 3 is 2.21 bits per heavy atom. The number of hydrogen-bond acceptors (Lipinski definition) is 7. The van der Waals surface area contributed by atoms with Gasteiger partial charge in [-0.2, -0.15) is 0 Å². The van der Waals surface area contributed by atoms with Gasteiger partial charge in [0.1, 0.15) is 6.04 Å². The zero-order chi connectivity index (χ0) is 20.8. The fourth-order valence-electron chi connectivity index (χ4n) is 4.33. The molecule has 1 spiro atoms. The maximum Gasteiger partial charge on any atom is 0.322 e. The zero-order valence-electron chi connectivity index (χ0n) is 15.5. The lowest BCUT2D eigenvalue weighted by Gasteiger charge is -2.41. The Bertz CT molecular complexity index is 847. The Hall–Kier alpha value is -2.43. The van der Waals surface area contributed by atoms with E-state index in [0.717, 1.165) is 0 Å². The Kier molecular flexibility index (Phi) is 5.09. The average molecular weight is 419 g/mol. The largest absolute Gasteiger partial charge is 0.481 e. The molecular weight excluding hydrogens is 398 g/mol. The third kappa shape index (κ3) is 3.52. The van der Waals surface area contributed by atoms with E-state index in [2.05, 4.69) is 5.32 Å². The fraction of sp³-hybridized carbons (Fsp3) is 0.474. The van der Waals surface area contributed by atoms with Gasteiger partial charge in [0.15, 0.2) is 0 Å². The Morgan fingerprint density at radius 2 is 1.69 bits per heavy atom. The van der Waals surface area contributed by atoms with Crippen LogP contribution < -0.4 is 5.32 Å². The Morgan fingerprint density at radius 1 is 1.10 bits per heavy atom. The Balaban J connectivity index is 1.42. The van der Waals surface area contributed by atoms with Crippen LogP contribution in [0.1, 0.15) is 40.0 Å². The summed E-state index contributed by atoms with van der Waals surface area (Å²) in [6.07, 6.45) is 0.913. The quantitative estimate of drug-likeness (QED) is 0.590. The lowest BCUT2D eigenvalue weighted by molar-refractivity contribution is -0.141. The molecule has 3 aliphatic heterocycles. The van der Waals surface area contributed by atoms with Crippen molar-refractivity contribution in [2.75, 3.05) is 19.8 Å². The highest BCUT2D eigenvalue weighted by Gasteiger charge is 2.53. The second-order valence-corrected chi connectivity index (χ2v) is 9.17. The van der Waals surface area contributed by atoms with Crippen LogP contribution in [-0.4, -0.2) is 79.7 Å². The normalized spacial score (nSPS) is 26.1. The molecule has 154 valence electrons. The number of nitrogens with zero attached hydrogens (tertiary/aromatic N) is 2. The molecule has 3 N–H and O–H groups in total. The van der Waals surface area contributed by atoms with E-state index in [-0.39, 0.29) is 24.9 Å². The number of likely N-dealkylation sites (tertiary alicyclic amines) is 1. The molecule has 0 saturated carbocycles. The summed E-state index contributed by atoms with van der Waals surface area (Å²) in [6.45, 7) is 1.20. The number of carboxylic acids is 2.